The van der Waals surface area contributed by atoms with Crippen molar-refractivity contribution >= 4 is 44.3 Å². The first kappa shape index (κ1) is 24.5. The Balaban J connectivity index is 1.16. The average Bonchev–Trinajstić information content (AvgIpc) is 3.40. The van der Waals surface area contributed by atoms with Crippen LogP contribution in [0.1, 0.15) is 0 Å². The summed E-state index contributed by atoms with van der Waals surface area (Å²) in [5, 5.41) is 4.14. The van der Waals surface area contributed by atoms with E-state index in [2.05, 4.69) is 76.3 Å². The van der Waals surface area contributed by atoms with Gasteiger partial charge >= 0.3 is 0 Å². The first-order chi connectivity index (χ1) is 20.7. The molecular weight excluding hydrogens is 536 g/mol. The van der Waals surface area contributed by atoms with Crippen LogP contribution in [0.5, 0.6) is 0 Å². The van der Waals surface area contributed by atoms with Crippen molar-refractivity contribution in [3.8, 4) is 39.6 Å². The Morgan fingerprint density at radius 1 is 0.524 bits per heavy atom. The van der Waals surface area contributed by atoms with Gasteiger partial charge in [0.15, 0.2) is 0 Å². The van der Waals surface area contributed by atoms with Crippen LogP contribution in [0, 0.1) is 0 Å². The molecule has 8 aromatic rings. The van der Waals surface area contributed by atoms with Crippen molar-refractivity contribution in [3.63, 3.8) is 0 Å². The second-order valence-corrected chi connectivity index (χ2v) is 10.7. The molecular formula is C37H23ClN4. The lowest BCUT2D eigenvalue weighted by Gasteiger charge is -2.10. The van der Waals surface area contributed by atoms with Crippen molar-refractivity contribution in [2.75, 3.05) is 0 Å². The topological polar surface area (TPSA) is 43.6 Å². The van der Waals surface area contributed by atoms with Gasteiger partial charge in [-0.3, -0.25) is 9.55 Å². The number of fused-ring (bicyclic) bond motifs is 4. The van der Waals surface area contributed by atoms with Crippen LogP contribution in [0.4, 0.5) is 0 Å². The van der Waals surface area contributed by atoms with Gasteiger partial charge in [0.2, 0.25) is 0 Å². The number of nitrogens with zero attached hydrogens (tertiary/aromatic N) is 4. The molecule has 0 atom stereocenters. The van der Waals surface area contributed by atoms with Crippen molar-refractivity contribution in [2.45, 2.75) is 0 Å². The largest absolute Gasteiger partial charge is 0.291 e. The van der Waals surface area contributed by atoms with Crippen LogP contribution in [0.3, 0.4) is 0 Å². The van der Waals surface area contributed by atoms with E-state index in [1.165, 1.54) is 21.9 Å². The third kappa shape index (κ3) is 4.12. The summed E-state index contributed by atoms with van der Waals surface area (Å²) in [6, 6.07) is 45.6. The summed E-state index contributed by atoms with van der Waals surface area (Å²) in [6.07, 6.45) is 1.81. The van der Waals surface area contributed by atoms with Crippen LogP contribution in [0.15, 0.2) is 140 Å². The van der Waals surface area contributed by atoms with E-state index in [-0.39, 0.29) is 0 Å². The molecule has 0 aliphatic carbocycles. The standard InChI is InChI=1S/C37H23ClN4/c38-30-10-3-9-29-36-34(14-6-22-39-36)42(37(29)30)35-15-5-13-33(41-35)32-12-4-11-31(40-32)26-19-16-25(17-20-26)28-21-18-24-7-1-2-8-27(24)23-28/h1-23H. The van der Waals surface area contributed by atoms with E-state index in [4.69, 9.17) is 21.6 Å². The average molecular weight is 559 g/mol. The summed E-state index contributed by atoms with van der Waals surface area (Å²) in [5.74, 6) is 0.764. The van der Waals surface area contributed by atoms with Crippen LogP contribution >= 0.6 is 11.6 Å². The summed E-state index contributed by atoms with van der Waals surface area (Å²) in [7, 11) is 0. The Bertz CT molecular complexity index is 2270. The lowest BCUT2D eigenvalue weighted by atomic mass is 9.99. The Morgan fingerprint density at radius 3 is 2.12 bits per heavy atom. The van der Waals surface area contributed by atoms with E-state index in [1.54, 1.807) is 6.20 Å². The van der Waals surface area contributed by atoms with Gasteiger partial charge in [-0.2, -0.15) is 0 Å². The lowest BCUT2D eigenvalue weighted by Crippen LogP contribution is -1.99. The zero-order chi connectivity index (χ0) is 28.0. The summed E-state index contributed by atoms with van der Waals surface area (Å²) in [5.41, 5.74) is 8.66. The summed E-state index contributed by atoms with van der Waals surface area (Å²) < 4.78 is 2.08. The molecule has 4 nitrogen and oxygen atoms in total. The molecule has 0 aliphatic rings. The van der Waals surface area contributed by atoms with Gasteiger partial charge < -0.3 is 0 Å². The summed E-state index contributed by atoms with van der Waals surface area (Å²) in [6.45, 7) is 0. The number of benzene rings is 4. The molecule has 0 radical (unpaired) electrons. The molecule has 0 fully saturated rings. The number of rotatable bonds is 4. The van der Waals surface area contributed by atoms with Gasteiger partial charge in [-0.15, -0.1) is 0 Å². The fourth-order valence-electron chi connectivity index (χ4n) is 5.71. The first-order valence-corrected chi connectivity index (χ1v) is 14.2. The zero-order valence-corrected chi connectivity index (χ0v) is 23.2. The minimum atomic E-state index is 0.657. The zero-order valence-electron chi connectivity index (χ0n) is 22.4. The van der Waals surface area contributed by atoms with E-state index < -0.39 is 0 Å². The van der Waals surface area contributed by atoms with Gasteiger partial charge in [-0.05, 0) is 70.4 Å². The maximum Gasteiger partial charge on any atom is 0.138 e. The molecule has 4 heterocycles. The van der Waals surface area contributed by atoms with Crippen molar-refractivity contribution in [2.24, 2.45) is 0 Å². The quantitative estimate of drug-likeness (QED) is 0.216. The van der Waals surface area contributed by atoms with Gasteiger partial charge in [-0.25, -0.2) is 9.97 Å². The fourth-order valence-corrected chi connectivity index (χ4v) is 5.97. The van der Waals surface area contributed by atoms with Crippen molar-refractivity contribution in [1.82, 2.24) is 19.5 Å². The predicted octanol–water partition coefficient (Wildman–Crippen LogP) is 9.78. The van der Waals surface area contributed by atoms with Crippen LogP contribution in [0.25, 0.3) is 72.3 Å². The molecule has 198 valence electrons. The number of para-hydroxylation sites is 1. The summed E-state index contributed by atoms with van der Waals surface area (Å²) >= 11 is 6.72. The monoisotopic (exact) mass is 558 g/mol. The molecule has 0 unspecified atom stereocenters. The van der Waals surface area contributed by atoms with E-state index in [9.17, 15) is 0 Å². The summed E-state index contributed by atoms with van der Waals surface area (Å²) in [4.78, 5) is 14.7. The Labute approximate surface area is 247 Å². The van der Waals surface area contributed by atoms with Gasteiger partial charge in [0.05, 0.1) is 38.7 Å². The van der Waals surface area contributed by atoms with Crippen LogP contribution in [0.2, 0.25) is 5.02 Å². The number of pyridine rings is 3. The number of hydrogen-bond acceptors (Lipinski definition) is 3. The molecule has 4 aromatic carbocycles. The van der Waals surface area contributed by atoms with Crippen LogP contribution in [-0.2, 0) is 0 Å². The maximum atomic E-state index is 6.72. The molecule has 0 aliphatic heterocycles. The predicted molar refractivity (Wildman–Crippen MR) is 173 cm³/mol. The number of halogens is 1. The SMILES string of the molecule is Clc1cccc2c3ncccc3n(-c3cccc(-c4cccc(-c5ccc(-c6ccc7ccccc7c6)cc5)n4)n3)c12. The third-order valence-electron chi connectivity index (χ3n) is 7.73. The van der Waals surface area contributed by atoms with E-state index in [0.717, 1.165) is 50.4 Å². The molecule has 0 saturated carbocycles. The highest BCUT2D eigenvalue weighted by molar-refractivity contribution is 6.36. The van der Waals surface area contributed by atoms with E-state index in [0.29, 0.717) is 5.02 Å². The molecule has 0 amide bonds. The first-order valence-electron chi connectivity index (χ1n) is 13.8. The molecule has 5 heteroatoms. The molecule has 0 N–H and O–H groups in total. The molecule has 42 heavy (non-hydrogen) atoms. The van der Waals surface area contributed by atoms with Gasteiger partial charge in [0, 0.05) is 17.1 Å². The molecule has 0 bridgehead atoms. The van der Waals surface area contributed by atoms with Crippen LogP contribution in [-0.4, -0.2) is 19.5 Å². The highest BCUT2D eigenvalue weighted by Crippen LogP contribution is 2.35. The molecule has 4 aromatic heterocycles. The van der Waals surface area contributed by atoms with Crippen LogP contribution < -0.4 is 0 Å². The smallest absolute Gasteiger partial charge is 0.138 e. The normalized spacial score (nSPS) is 11.5. The second kappa shape index (κ2) is 9.95. The van der Waals surface area contributed by atoms with Gasteiger partial charge in [-0.1, -0.05) is 96.5 Å². The highest BCUT2D eigenvalue weighted by Gasteiger charge is 2.17. The fraction of sp³-hybridized carbons (Fsp3) is 0. The highest BCUT2D eigenvalue weighted by atomic mass is 35.5. The van der Waals surface area contributed by atoms with Crippen molar-refractivity contribution in [3.05, 3.63) is 145 Å². The molecule has 0 spiro atoms. The minimum Gasteiger partial charge on any atom is -0.291 e. The minimum absolute atomic E-state index is 0.657. The van der Waals surface area contributed by atoms with Crippen molar-refractivity contribution in [1.29, 1.82) is 0 Å². The number of aromatic nitrogens is 4. The Morgan fingerprint density at radius 2 is 1.24 bits per heavy atom. The molecule has 0 saturated heterocycles. The van der Waals surface area contributed by atoms with E-state index in [1.807, 2.05) is 66.7 Å². The second-order valence-electron chi connectivity index (χ2n) is 10.3. The van der Waals surface area contributed by atoms with Gasteiger partial charge in [0.1, 0.15) is 5.82 Å². The third-order valence-corrected chi connectivity index (χ3v) is 8.04. The Kier molecular flexibility index (Phi) is 5.80. The molecule has 8 rings (SSSR count). The maximum absolute atomic E-state index is 6.72. The Hall–Kier alpha value is -5.32. The lowest BCUT2D eigenvalue weighted by molar-refractivity contribution is 1.08. The van der Waals surface area contributed by atoms with E-state index >= 15 is 0 Å². The number of hydrogen-bond donors (Lipinski definition) is 0. The van der Waals surface area contributed by atoms with Crippen molar-refractivity contribution < 1.29 is 0 Å². The van der Waals surface area contributed by atoms with Gasteiger partial charge in [0.25, 0.3) is 0 Å².